The molecule has 142 valence electrons. The van der Waals surface area contributed by atoms with Crippen molar-refractivity contribution < 1.29 is 26.7 Å². The second-order valence-electron chi connectivity index (χ2n) is 5.82. The summed E-state index contributed by atoms with van der Waals surface area (Å²) in [5, 5.41) is 0.839. The van der Waals surface area contributed by atoms with Gasteiger partial charge in [-0.2, -0.15) is 4.39 Å². The fourth-order valence-electron chi connectivity index (χ4n) is 2.49. The molecule has 0 fully saturated rings. The first kappa shape index (κ1) is 19.4. The molecule has 0 aliphatic carbocycles. The second-order valence-corrected chi connectivity index (χ2v) is 5.82. The quantitative estimate of drug-likeness (QED) is 0.235. The van der Waals surface area contributed by atoms with Gasteiger partial charge >= 0.3 is 0 Å². The van der Waals surface area contributed by atoms with Gasteiger partial charge in [0, 0.05) is 5.56 Å². The number of allylic oxidation sites excluding steroid dienone is 1. The maximum atomic E-state index is 14.2. The van der Waals surface area contributed by atoms with Crippen LogP contribution in [0.25, 0.3) is 10.8 Å². The van der Waals surface area contributed by atoms with Crippen LogP contribution in [0.5, 0.6) is 5.75 Å². The third kappa shape index (κ3) is 3.99. The van der Waals surface area contributed by atoms with E-state index in [-0.39, 0.29) is 6.61 Å². The van der Waals surface area contributed by atoms with Gasteiger partial charge < -0.3 is 4.74 Å². The molecule has 0 saturated heterocycles. The fraction of sp³-hybridized carbons (Fsp3) is 0.0909. The van der Waals surface area contributed by atoms with Crippen molar-refractivity contribution in [3.8, 4) is 17.6 Å². The summed E-state index contributed by atoms with van der Waals surface area (Å²) in [6, 6.07) is 7.27. The van der Waals surface area contributed by atoms with Crippen LogP contribution in [-0.2, 0) is 0 Å². The molecule has 0 heterocycles. The van der Waals surface area contributed by atoms with Crippen LogP contribution in [0.1, 0.15) is 18.1 Å². The van der Waals surface area contributed by atoms with Crippen molar-refractivity contribution in [1.82, 2.24) is 0 Å². The SMILES string of the molecule is C/C=C/COc1c(F)cc(C#Cc2ccc3cc(F)c(F)cc3c2)c(F)c1F. The Morgan fingerprint density at radius 3 is 2.25 bits per heavy atom. The van der Waals surface area contributed by atoms with Crippen LogP contribution in [0.2, 0.25) is 0 Å². The number of halogens is 5. The van der Waals surface area contributed by atoms with E-state index in [0.717, 1.165) is 18.2 Å². The lowest BCUT2D eigenvalue weighted by Crippen LogP contribution is -2.03. The van der Waals surface area contributed by atoms with Gasteiger partial charge in [0.25, 0.3) is 0 Å². The molecule has 3 aromatic carbocycles. The Kier molecular flexibility index (Phi) is 5.65. The van der Waals surface area contributed by atoms with Crippen LogP contribution in [-0.4, -0.2) is 6.61 Å². The fourth-order valence-corrected chi connectivity index (χ4v) is 2.49. The van der Waals surface area contributed by atoms with E-state index in [1.807, 2.05) is 0 Å². The highest BCUT2D eigenvalue weighted by Crippen LogP contribution is 2.27. The zero-order valence-electron chi connectivity index (χ0n) is 14.6. The Morgan fingerprint density at radius 1 is 0.821 bits per heavy atom. The van der Waals surface area contributed by atoms with E-state index in [4.69, 9.17) is 4.74 Å². The van der Waals surface area contributed by atoms with Gasteiger partial charge in [-0.25, -0.2) is 17.6 Å². The number of fused-ring (bicyclic) bond motifs is 1. The highest BCUT2D eigenvalue weighted by Gasteiger charge is 2.19. The first-order valence-corrected chi connectivity index (χ1v) is 8.23. The van der Waals surface area contributed by atoms with Crippen LogP contribution in [0.4, 0.5) is 22.0 Å². The van der Waals surface area contributed by atoms with Gasteiger partial charge in [0.2, 0.25) is 5.82 Å². The van der Waals surface area contributed by atoms with Crippen LogP contribution >= 0.6 is 0 Å². The Balaban J connectivity index is 1.95. The molecule has 0 radical (unpaired) electrons. The average molecular weight is 388 g/mol. The number of ether oxygens (including phenoxy) is 1. The first-order valence-electron chi connectivity index (χ1n) is 8.23. The third-order valence-corrected chi connectivity index (χ3v) is 3.90. The molecule has 0 bridgehead atoms. The van der Waals surface area contributed by atoms with E-state index in [2.05, 4.69) is 11.8 Å². The Labute approximate surface area is 158 Å². The number of hydrogen-bond acceptors (Lipinski definition) is 1. The van der Waals surface area contributed by atoms with E-state index < -0.39 is 40.4 Å². The highest BCUT2D eigenvalue weighted by molar-refractivity contribution is 5.84. The van der Waals surface area contributed by atoms with Crippen LogP contribution < -0.4 is 4.74 Å². The standard InChI is InChI=1S/C22H13F5O/c1-2-3-8-28-22-19(25)11-15(20(26)21(22)27)7-5-13-4-6-14-10-17(23)18(24)12-16(14)9-13/h2-4,6,9-12H,8H2,1H3/b3-2+. The van der Waals surface area contributed by atoms with Crippen molar-refractivity contribution in [2.24, 2.45) is 0 Å². The smallest absolute Gasteiger partial charge is 0.205 e. The summed E-state index contributed by atoms with van der Waals surface area (Å²) in [7, 11) is 0. The molecule has 0 aliphatic rings. The van der Waals surface area contributed by atoms with Gasteiger partial charge in [0.05, 0.1) is 5.56 Å². The molecule has 0 N–H and O–H groups in total. The van der Waals surface area contributed by atoms with Crippen molar-refractivity contribution >= 4 is 10.8 Å². The maximum Gasteiger partial charge on any atom is 0.205 e. The molecule has 3 rings (SSSR count). The Morgan fingerprint density at radius 2 is 1.54 bits per heavy atom. The van der Waals surface area contributed by atoms with Gasteiger partial charge in [-0.3, -0.25) is 0 Å². The molecular formula is C22H13F5O. The minimum Gasteiger partial charge on any atom is -0.483 e. The molecule has 1 nitrogen and oxygen atoms in total. The van der Waals surface area contributed by atoms with E-state index in [0.29, 0.717) is 16.3 Å². The summed E-state index contributed by atoms with van der Waals surface area (Å²) in [4.78, 5) is 0. The zero-order chi connectivity index (χ0) is 20.3. The molecule has 0 saturated carbocycles. The zero-order valence-corrected chi connectivity index (χ0v) is 14.6. The molecule has 0 atom stereocenters. The van der Waals surface area contributed by atoms with E-state index in [9.17, 15) is 22.0 Å². The van der Waals surface area contributed by atoms with Gasteiger partial charge in [-0.1, -0.05) is 30.1 Å². The normalized spacial score (nSPS) is 10.9. The average Bonchev–Trinajstić information content (AvgIpc) is 2.67. The lowest BCUT2D eigenvalue weighted by molar-refractivity contribution is 0.311. The number of rotatable bonds is 3. The van der Waals surface area contributed by atoms with E-state index in [1.54, 1.807) is 13.0 Å². The Bertz CT molecular complexity index is 1140. The minimum atomic E-state index is -1.47. The van der Waals surface area contributed by atoms with Gasteiger partial charge in [0.15, 0.2) is 29.0 Å². The molecule has 0 aromatic heterocycles. The summed E-state index contributed by atoms with van der Waals surface area (Å²) in [6.45, 7) is 1.59. The predicted octanol–water partition coefficient (Wildman–Crippen LogP) is 5.89. The maximum absolute atomic E-state index is 14.2. The summed E-state index contributed by atoms with van der Waals surface area (Å²) in [5.41, 5.74) is -0.147. The van der Waals surface area contributed by atoms with Crippen LogP contribution in [0.3, 0.4) is 0 Å². The molecule has 0 unspecified atom stereocenters. The highest BCUT2D eigenvalue weighted by atomic mass is 19.2. The molecule has 6 heteroatoms. The summed E-state index contributed by atoms with van der Waals surface area (Å²) >= 11 is 0. The molecular weight excluding hydrogens is 375 g/mol. The molecule has 3 aromatic rings. The van der Waals surface area contributed by atoms with Crippen LogP contribution in [0, 0.1) is 40.9 Å². The van der Waals surface area contributed by atoms with Crippen molar-refractivity contribution in [3.63, 3.8) is 0 Å². The summed E-state index contributed by atoms with van der Waals surface area (Å²) in [5.74, 6) is -1.77. The summed E-state index contributed by atoms with van der Waals surface area (Å²) < 4.78 is 73.7. The lowest BCUT2D eigenvalue weighted by Gasteiger charge is -2.08. The molecule has 0 aliphatic heterocycles. The number of benzene rings is 3. The Hall–Kier alpha value is -3.33. The molecule has 0 amide bonds. The van der Waals surface area contributed by atoms with Crippen molar-refractivity contribution in [1.29, 1.82) is 0 Å². The minimum absolute atomic E-state index is 0.108. The van der Waals surface area contributed by atoms with E-state index >= 15 is 0 Å². The van der Waals surface area contributed by atoms with Crippen molar-refractivity contribution in [2.75, 3.05) is 6.61 Å². The van der Waals surface area contributed by atoms with Crippen LogP contribution in [0.15, 0.2) is 48.6 Å². The summed E-state index contributed by atoms with van der Waals surface area (Å²) in [6.07, 6.45) is 3.13. The second kappa shape index (κ2) is 8.13. The first-order chi connectivity index (χ1) is 13.4. The number of hydrogen-bond donors (Lipinski definition) is 0. The molecule has 28 heavy (non-hydrogen) atoms. The van der Waals surface area contributed by atoms with Crippen molar-refractivity contribution in [2.45, 2.75) is 6.92 Å². The largest absolute Gasteiger partial charge is 0.483 e. The third-order valence-electron chi connectivity index (χ3n) is 3.90. The molecule has 0 spiro atoms. The van der Waals surface area contributed by atoms with E-state index in [1.165, 1.54) is 24.3 Å². The monoisotopic (exact) mass is 388 g/mol. The van der Waals surface area contributed by atoms with Crippen molar-refractivity contribution in [3.05, 3.63) is 88.8 Å². The van der Waals surface area contributed by atoms with Gasteiger partial charge in [-0.15, -0.1) is 0 Å². The predicted molar refractivity (Wildman–Crippen MR) is 96.5 cm³/mol. The lowest BCUT2D eigenvalue weighted by atomic mass is 10.1. The van der Waals surface area contributed by atoms with Gasteiger partial charge in [0.1, 0.15) is 6.61 Å². The van der Waals surface area contributed by atoms with Gasteiger partial charge in [-0.05, 0) is 48.0 Å². The topological polar surface area (TPSA) is 9.23 Å².